The number of piperazine rings is 1. The molecule has 1 N–H and O–H groups in total. The second-order valence-electron chi connectivity index (χ2n) is 5.51. The van der Waals surface area contributed by atoms with Crippen LogP contribution in [0.1, 0.15) is 0 Å². The highest BCUT2D eigenvalue weighted by Gasteiger charge is 2.32. The molecule has 0 spiro atoms. The van der Waals surface area contributed by atoms with E-state index in [1.165, 1.54) is 23.1 Å². The van der Waals surface area contributed by atoms with Crippen LogP contribution in [0.15, 0.2) is 42.9 Å². The molecule has 1 aliphatic rings. The Morgan fingerprint density at radius 3 is 2.50 bits per heavy atom. The number of urea groups is 1. The van der Waals surface area contributed by atoms with Crippen molar-refractivity contribution in [1.82, 2.24) is 14.9 Å². The van der Waals surface area contributed by atoms with Crippen LogP contribution in [-0.2, 0) is 0 Å². The summed E-state index contributed by atoms with van der Waals surface area (Å²) in [6, 6.07) is 4.94. The minimum atomic E-state index is -4.83. The Kier molecular flexibility index (Phi) is 5.10. The molecule has 2 aromatic rings. The third kappa shape index (κ3) is 4.52. The number of alkyl halides is 3. The molecule has 0 atom stereocenters. The maximum Gasteiger partial charge on any atom is 0.573 e. The van der Waals surface area contributed by atoms with Crippen molar-refractivity contribution in [3.8, 4) is 5.75 Å². The zero-order valence-electron chi connectivity index (χ0n) is 13.6. The summed E-state index contributed by atoms with van der Waals surface area (Å²) in [4.78, 5) is 24.1. The molecule has 1 saturated heterocycles. The molecule has 3 rings (SSSR count). The summed E-state index contributed by atoms with van der Waals surface area (Å²) in [6.07, 6.45) is -0.0245. The van der Waals surface area contributed by atoms with Gasteiger partial charge in [0.25, 0.3) is 0 Å². The van der Waals surface area contributed by atoms with E-state index in [1.807, 2.05) is 4.90 Å². The lowest BCUT2D eigenvalue weighted by atomic mass is 10.3. The lowest BCUT2D eigenvalue weighted by molar-refractivity contribution is -0.274. The Labute approximate surface area is 147 Å². The average Bonchev–Trinajstić information content (AvgIpc) is 2.63. The number of nitrogens with zero attached hydrogens (tertiary/aromatic N) is 4. The molecule has 0 unspecified atom stereocenters. The van der Waals surface area contributed by atoms with E-state index in [1.54, 1.807) is 18.6 Å². The molecule has 0 aliphatic carbocycles. The smallest absolute Gasteiger partial charge is 0.404 e. The number of aromatic nitrogens is 2. The van der Waals surface area contributed by atoms with Crippen LogP contribution < -0.4 is 15.0 Å². The van der Waals surface area contributed by atoms with Crippen LogP contribution in [0.4, 0.5) is 29.5 Å². The summed E-state index contributed by atoms with van der Waals surface area (Å²) in [6.45, 7) is 1.91. The standard InChI is InChI=1S/C16H16F3N5O2/c17-16(18,19)26-13-4-2-1-3-12(13)22-15(25)24-9-7-23(8-10-24)14-11-20-5-6-21-14/h1-6,11H,7-10H2,(H,22,25). The monoisotopic (exact) mass is 367 g/mol. The first kappa shape index (κ1) is 17.8. The van der Waals surface area contributed by atoms with Crippen LogP contribution >= 0.6 is 0 Å². The zero-order valence-corrected chi connectivity index (χ0v) is 13.6. The predicted molar refractivity (Wildman–Crippen MR) is 88.0 cm³/mol. The normalized spacial score (nSPS) is 14.9. The van der Waals surface area contributed by atoms with Crippen molar-refractivity contribution >= 4 is 17.5 Å². The fourth-order valence-electron chi connectivity index (χ4n) is 2.57. The quantitative estimate of drug-likeness (QED) is 0.903. The Balaban J connectivity index is 1.60. The van der Waals surface area contributed by atoms with E-state index < -0.39 is 18.1 Å². The third-order valence-electron chi connectivity index (χ3n) is 3.79. The topological polar surface area (TPSA) is 70.6 Å². The van der Waals surface area contributed by atoms with Crippen LogP contribution in [0.25, 0.3) is 0 Å². The number of hydrogen-bond donors (Lipinski definition) is 1. The molecule has 138 valence electrons. The summed E-state index contributed by atoms with van der Waals surface area (Å²) in [5.74, 6) is 0.267. The van der Waals surface area contributed by atoms with Crippen molar-refractivity contribution in [2.24, 2.45) is 0 Å². The maximum atomic E-state index is 12.5. The molecule has 7 nitrogen and oxygen atoms in total. The lowest BCUT2D eigenvalue weighted by Gasteiger charge is -2.35. The van der Waals surface area contributed by atoms with Gasteiger partial charge < -0.3 is 19.9 Å². The van der Waals surface area contributed by atoms with Gasteiger partial charge in [0.05, 0.1) is 11.9 Å². The van der Waals surface area contributed by atoms with Crippen molar-refractivity contribution < 1.29 is 22.7 Å². The van der Waals surface area contributed by atoms with E-state index in [-0.39, 0.29) is 5.69 Å². The minimum absolute atomic E-state index is 0.0359. The van der Waals surface area contributed by atoms with Gasteiger partial charge in [0.15, 0.2) is 5.75 Å². The Bertz CT molecular complexity index is 749. The van der Waals surface area contributed by atoms with E-state index in [9.17, 15) is 18.0 Å². The fraction of sp³-hybridized carbons (Fsp3) is 0.312. The number of rotatable bonds is 3. The Morgan fingerprint density at radius 1 is 1.12 bits per heavy atom. The molecule has 1 aliphatic heterocycles. The number of ether oxygens (including phenoxy) is 1. The highest BCUT2D eigenvalue weighted by atomic mass is 19.4. The number of halogens is 3. The molecule has 2 heterocycles. The molecular formula is C16H16F3N5O2. The SMILES string of the molecule is O=C(Nc1ccccc1OC(F)(F)F)N1CCN(c2cnccn2)CC1. The van der Waals surface area contributed by atoms with E-state index in [0.29, 0.717) is 26.2 Å². The van der Waals surface area contributed by atoms with Gasteiger partial charge in [-0.25, -0.2) is 9.78 Å². The Morgan fingerprint density at radius 2 is 1.85 bits per heavy atom. The van der Waals surface area contributed by atoms with Gasteiger partial charge in [-0.2, -0.15) is 0 Å². The largest absolute Gasteiger partial charge is 0.573 e. The summed E-state index contributed by atoms with van der Waals surface area (Å²) in [5, 5.41) is 2.47. The van der Waals surface area contributed by atoms with E-state index >= 15 is 0 Å². The van der Waals surface area contributed by atoms with Crippen LogP contribution in [0.3, 0.4) is 0 Å². The number of para-hydroxylation sites is 2. The number of carbonyl (C=O) groups excluding carboxylic acids is 1. The first-order valence-electron chi connectivity index (χ1n) is 7.84. The van der Waals surface area contributed by atoms with Crippen LogP contribution in [-0.4, -0.2) is 53.4 Å². The molecule has 0 bridgehead atoms. The molecule has 0 radical (unpaired) electrons. The molecule has 1 aromatic heterocycles. The van der Waals surface area contributed by atoms with Crippen molar-refractivity contribution in [1.29, 1.82) is 0 Å². The zero-order chi connectivity index (χ0) is 18.6. The lowest BCUT2D eigenvalue weighted by Crippen LogP contribution is -2.50. The number of amides is 2. The molecule has 2 amide bonds. The van der Waals surface area contributed by atoms with Gasteiger partial charge in [-0.05, 0) is 12.1 Å². The van der Waals surface area contributed by atoms with Gasteiger partial charge in [-0.1, -0.05) is 12.1 Å². The van der Waals surface area contributed by atoms with Crippen molar-refractivity contribution in [2.75, 3.05) is 36.4 Å². The summed E-state index contributed by atoms with van der Waals surface area (Å²) in [5.41, 5.74) is -0.0359. The van der Waals surface area contributed by atoms with Crippen LogP contribution in [0.5, 0.6) is 5.75 Å². The van der Waals surface area contributed by atoms with Gasteiger partial charge in [0, 0.05) is 38.6 Å². The molecule has 0 saturated carbocycles. The highest BCUT2D eigenvalue weighted by molar-refractivity contribution is 5.91. The molecular weight excluding hydrogens is 351 g/mol. The summed E-state index contributed by atoms with van der Waals surface area (Å²) < 4.78 is 41.3. The van der Waals surface area contributed by atoms with Gasteiger partial charge in [-0.15, -0.1) is 13.2 Å². The molecule has 1 aromatic carbocycles. The van der Waals surface area contributed by atoms with Crippen LogP contribution in [0, 0.1) is 0 Å². The van der Waals surface area contributed by atoms with Crippen molar-refractivity contribution in [3.63, 3.8) is 0 Å². The number of hydrogen-bond acceptors (Lipinski definition) is 5. The molecule has 1 fully saturated rings. The molecule has 10 heteroatoms. The van der Waals surface area contributed by atoms with E-state index in [4.69, 9.17) is 0 Å². The number of nitrogens with one attached hydrogen (secondary N) is 1. The van der Waals surface area contributed by atoms with Crippen LogP contribution in [0.2, 0.25) is 0 Å². The van der Waals surface area contributed by atoms with Gasteiger partial charge in [0.1, 0.15) is 5.82 Å². The average molecular weight is 367 g/mol. The third-order valence-corrected chi connectivity index (χ3v) is 3.79. The highest BCUT2D eigenvalue weighted by Crippen LogP contribution is 2.30. The van der Waals surface area contributed by atoms with E-state index in [0.717, 1.165) is 11.9 Å². The summed E-state index contributed by atoms with van der Waals surface area (Å²) >= 11 is 0. The van der Waals surface area contributed by atoms with Gasteiger partial charge >= 0.3 is 12.4 Å². The number of anilines is 2. The van der Waals surface area contributed by atoms with E-state index in [2.05, 4.69) is 20.0 Å². The van der Waals surface area contributed by atoms with Gasteiger partial charge in [0.2, 0.25) is 0 Å². The molecule has 26 heavy (non-hydrogen) atoms. The Hall–Kier alpha value is -3.04. The van der Waals surface area contributed by atoms with Gasteiger partial charge in [-0.3, -0.25) is 4.98 Å². The predicted octanol–water partition coefficient (Wildman–Crippen LogP) is 2.73. The second-order valence-corrected chi connectivity index (χ2v) is 5.51. The van der Waals surface area contributed by atoms with Crippen molar-refractivity contribution in [2.45, 2.75) is 6.36 Å². The number of benzene rings is 1. The maximum absolute atomic E-state index is 12.5. The first-order valence-corrected chi connectivity index (χ1v) is 7.84. The number of carbonyl (C=O) groups is 1. The summed E-state index contributed by atoms with van der Waals surface area (Å²) in [7, 11) is 0. The first-order chi connectivity index (χ1) is 12.4. The minimum Gasteiger partial charge on any atom is -0.404 e. The fourth-order valence-corrected chi connectivity index (χ4v) is 2.57. The second kappa shape index (κ2) is 7.46. The van der Waals surface area contributed by atoms with Crippen molar-refractivity contribution in [3.05, 3.63) is 42.9 Å².